The first-order valence-electron chi connectivity index (χ1n) is 6.83. The van der Waals surface area contributed by atoms with E-state index in [1.807, 2.05) is 19.1 Å². The minimum atomic E-state index is -1.10. The molecule has 0 aromatic heterocycles. The molecule has 6 nitrogen and oxygen atoms in total. The molecule has 0 bridgehead atoms. The summed E-state index contributed by atoms with van der Waals surface area (Å²) in [4.78, 5) is 23.1. The number of carboxylic acids is 1. The van der Waals surface area contributed by atoms with Crippen LogP contribution in [0.3, 0.4) is 0 Å². The molecular weight excluding hydrogens is 296 g/mol. The number of nitrogens with one attached hydrogen (secondary N) is 1. The third-order valence-electron chi connectivity index (χ3n) is 3.22. The van der Waals surface area contributed by atoms with Gasteiger partial charge in [-0.15, -0.1) is 0 Å². The van der Waals surface area contributed by atoms with Gasteiger partial charge in [0.25, 0.3) is 5.91 Å². The van der Waals surface area contributed by atoms with Crippen LogP contribution in [-0.4, -0.2) is 30.3 Å². The van der Waals surface area contributed by atoms with E-state index in [-0.39, 0.29) is 17.2 Å². The summed E-state index contributed by atoms with van der Waals surface area (Å²) < 4.78 is 4.98. The van der Waals surface area contributed by atoms with E-state index in [4.69, 9.17) is 9.84 Å². The number of hydrazone groups is 1. The number of carbonyl (C=O) groups excluding carboxylic acids is 1. The Kier molecular flexibility index (Phi) is 5.09. The van der Waals surface area contributed by atoms with E-state index in [0.717, 1.165) is 5.56 Å². The number of carboxylic acid groups (broad SMARTS) is 1. The number of benzene rings is 2. The van der Waals surface area contributed by atoms with E-state index in [9.17, 15) is 9.59 Å². The number of nitrogens with zero attached hydrogens (tertiary/aromatic N) is 1. The fourth-order valence-corrected chi connectivity index (χ4v) is 2.03. The fraction of sp³-hybridized carbons (Fsp3) is 0.118. The molecule has 2 rings (SSSR count). The van der Waals surface area contributed by atoms with Crippen LogP contribution in [0.1, 0.15) is 31.8 Å². The zero-order valence-electron chi connectivity index (χ0n) is 12.7. The van der Waals surface area contributed by atoms with Crippen LogP contribution in [0.5, 0.6) is 5.75 Å². The van der Waals surface area contributed by atoms with Crippen LogP contribution in [-0.2, 0) is 0 Å². The summed E-state index contributed by atoms with van der Waals surface area (Å²) in [5, 5.41) is 13.0. The highest BCUT2D eigenvalue weighted by molar-refractivity contribution is 5.97. The number of hydrogen-bond donors (Lipinski definition) is 2. The van der Waals surface area contributed by atoms with Crippen LogP contribution < -0.4 is 10.2 Å². The summed E-state index contributed by atoms with van der Waals surface area (Å²) in [5.41, 5.74) is 4.36. The summed E-state index contributed by atoms with van der Waals surface area (Å²) in [7, 11) is 1.40. The Labute approximate surface area is 133 Å². The largest absolute Gasteiger partial charge is 0.496 e. The maximum absolute atomic E-state index is 12.0. The predicted octanol–water partition coefficient (Wildman–Crippen LogP) is 2.47. The molecule has 2 aromatic rings. The zero-order chi connectivity index (χ0) is 16.8. The number of aryl methyl sites for hydroxylation is 1. The van der Waals surface area contributed by atoms with Gasteiger partial charge in [0, 0.05) is 5.56 Å². The molecule has 0 saturated heterocycles. The standard InChI is InChI=1S/C17H16N2O4/c1-11-5-3-4-6-13(11)16(20)19-18-10-12-7-8-15(23-2)14(9-12)17(21)22/h3-10H,1-2H3,(H,19,20)(H,21,22)/b18-10-. The van der Waals surface area contributed by atoms with Gasteiger partial charge in [0.15, 0.2) is 0 Å². The molecule has 23 heavy (non-hydrogen) atoms. The SMILES string of the molecule is COc1ccc(/C=N\NC(=O)c2ccccc2C)cc1C(=O)O. The zero-order valence-corrected chi connectivity index (χ0v) is 12.7. The number of carbonyl (C=O) groups is 2. The van der Waals surface area contributed by atoms with Crippen LogP contribution >= 0.6 is 0 Å². The molecule has 0 unspecified atom stereocenters. The molecule has 118 valence electrons. The van der Waals surface area contributed by atoms with Gasteiger partial charge in [-0.3, -0.25) is 4.79 Å². The van der Waals surface area contributed by atoms with Gasteiger partial charge in [0.05, 0.1) is 13.3 Å². The summed E-state index contributed by atoms with van der Waals surface area (Å²) in [5.74, 6) is -1.16. The number of rotatable bonds is 5. The Hall–Kier alpha value is -3.15. The maximum atomic E-state index is 12.0. The second-order valence-electron chi connectivity index (χ2n) is 4.78. The highest BCUT2D eigenvalue weighted by atomic mass is 16.5. The monoisotopic (exact) mass is 312 g/mol. The maximum Gasteiger partial charge on any atom is 0.339 e. The van der Waals surface area contributed by atoms with E-state index in [2.05, 4.69) is 10.5 Å². The Morgan fingerprint density at radius 1 is 1.17 bits per heavy atom. The van der Waals surface area contributed by atoms with Gasteiger partial charge in [0.1, 0.15) is 11.3 Å². The first-order chi connectivity index (χ1) is 11.0. The van der Waals surface area contributed by atoms with Gasteiger partial charge < -0.3 is 9.84 Å². The molecule has 0 aliphatic carbocycles. The van der Waals surface area contributed by atoms with Crippen molar-refractivity contribution in [1.29, 1.82) is 0 Å². The van der Waals surface area contributed by atoms with E-state index in [1.165, 1.54) is 25.5 Å². The lowest BCUT2D eigenvalue weighted by molar-refractivity contribution is 0.0693. The van der Waals surface area contributed by atoms with Gasteiger partial charge in [-0.2, -0.15) is 5.10 Å². The van der Waals surface area contributed by atoms with E-state index in [1.54, 1.807) is 18.2 Å². The number of aromatic carboxylic acids is 1. The average molecular weight is 312 g/mol. The van der Waals surface area contributed by atoms with Crippen molar-refractivity contribution in [2.24, 2.45) is 5.10 Å². The molecule has 0 aliphatic rings. The summed E-state index contributed by atoms with van der Waals surface area (Å²) in [6.07, 6.45) is 1.38. The van der Waals surface area contributed by atoms with Crippen molar-refractivity contribution in [3.63, 3.8) is 0 Å². The van der Waals surface area contributed by atoms with Crippen LogP contribution in [0, 0.1) is 6.92 Å². The fourth-order valence-electron chi connectivity index (χ4n) is 2.03. The van der Waals surface area contributed by atoms with Gasteiger partial charge >= 0.3 is 5.97 Å². The number of ether oxygens (including phenoxy) is 1. The van der Waals surface area contributed by atoms with Crippen molar-refractivity contribution in [3.8, 4) is 5.75 Å². The van der Waals surface area contributed by atoms with Gasteiger partial charge in [-0.25, -0.2) is 10.2 Å². The summed E-state index contributed by atoms with van der Waals surface area (Å²) in [6.45, 7) is 1.83. The Bertz CT molecular complexity index is 769. The lowest BCUT2D eigenvalue weighted by Crippen LogP contribution is -2.18. The minimum absolute atomic E-state index is 0.0293. The quantitative estimate of drug-likeness (QED) is 0.656. The summed E-state index contributed by atoms with van der Waals surface area (Å²) >= 11 is 0. The topological polar surface area (TPSA) is 88.0 Å². The molecule has 2 N–H and O–H groups in total. The van der Waals surface area contributed by atoms with Crippen molar-refractivity contribution in [3.05, 3.63) is 64.7 Å². The molecule has 0 aliphatic heterocycles. The second-order valence-corrected chi connectivity index (χ2v) is 4.78. The van der Waals surface area contributed by atoms with Crippen LogP contribution in [0.2, 0.25) is 0 Å². The van der Waals surface area contributed by atoms with Gasteiger partial charge in [-0.1, -0.05) is 18.2 Å². The average Bonchev–Trinajstić information content (AvgIpc) is 2.55. The molecule has 0 saturated carbocycles. The number of hydrogen-bond acceptors (Lipinski definition) is 4. The third kappa shape index (κ3) is 3.94. The minimum Gasteiger partial charge on any atom is -0.496 e. The molecule has 0 atom stereocenters. The van der Waals surface area contributed by atoms with Crippen molar-refractivity contribution in [2.75, 3.05) is 7.11 Å². The first-order valence-corrected chi connectivity index (χ1v) is 6.83. The Morgan fingerprint density at radius 3 is 2.57 bits per heavy atom. The molecule has 0 heterocycles. The van der Waals surface area contributed by atoms with E-state index < -0.39 is 5.97 Å². The molecule has 2 aromatic carbocycles. The molecule has 0 spiro atoms. The van der Waals surface area contributed by atoms with Crippen molar-refractivity contribution in [2.45, 2.75) is 6.92 Å². The Balaban J connectivity index is 2.12. The summed E-state index contributed by atoms with van der Waals surface area (Å²) in [6, 6.07) is 11.8. The predicted molar refractivity (Wildman–Crippen MR) is 86.2 cm³/mol. The van der Waals surface area contributed by atoms with Crippen LogP contribution in [0.15, 0.2) is 47.6 Å². The lowest BCUT2D eigenvalue weighted by atomic mass is 10.1. The van der Waals surface area contributed by atoms with Gasteiger partial charge in [-0.05, 0) is 42.3 Å². The second kappa shape index (κ2) is 7.22. The van der Waals surface area contributed by atoms with Gasteiger partial charge in [0.2, 0.25) is 0 Å². The highest BCUT2D eigenvalue weighted by Gasteiger charge is 2.11. The molecule has 1 amide bonds. The van der Waals surface area contributed by atoms with Crippen molar-refractivity contribution < 1.29 is 19.4 Å². The highest BCUT2D eigenvalue weighted by Crippen LogP contribution is 2.19. The van der Waals surface area contributed by atoms with E-state index >= 15 is 0 Å². The lowest BCUT2D eigenvalue weighted by Gasteiger charge is -2.05. The molecular formula is C17H16N2O4. The number of methoxy groups -OCH3 is 1. The molecule has 0 radical (unpaired) electrons. The normalized spacial score (nSPS) is 10.5. The molecule has 6 heteroatoms. The van der Waals surface area contributed by atoms with Crippen molar-refractivity contribution in [1.82, 2.24) is 5.43 Å². The van der Waals surface area contributed by atoms with Crippen molar-refractivity contribution >= 4 is 18.1 Å². The smallest absolute Gasteiger partial charge is 0.339 e. The van der Waals surface area contributed by atoms with Crippen LogP contribution in [0.25, 0.3) is 0 Å². The van der Waals surface area contributed by atoms with E-state index in [0.29, 0.717) is 11.1 Å². The van der Waals surface area contributed by atoms with Crippen LogP contribution in [0.4, 0.5) is 0 Å². The number of amides is 1. The molecule has 0 fully saturated rings. The third-order valence-corrected chi connectivity index (χ3v) is 3.22. The first kappa shape index (κ1) is 16.2. The Morgan fingerprint density at radius 2 is 1.91 bits per heavy atom.